The van der Waals surface area contributed by atoms with E-state index in [9.17, 15) is 14.4 Å². The summed E-state index contributed by atoms with van der Waals surface area (Å²) in [6.07, 6.45) is 4.45. The number of ketones is 2. The number of carbonyl (C=O) groups excluding carboxylic acids is 3. The zero-order valence-corrected chi connectivity index (χ0v) is 14.3. The summed E-state index contributed by atoms with van der Waals surface area (Å²) < 4.78 is 0. The lowest BCUT2D eigenvalue weighted by molar-refractivity contribution is -0.121. The van der Waals surface area contributed by atoms with Crippen molar-refractivity contribution < 1.29 is 14.4 Å². The molecule has 1 N–H and O–H groups in total. The summed E-state index contributed by atoms with van der Waals surface area (Å²) >= 11 is 0. The molecule has 0 aromatic heterocycles. The normalized spacial score (nSPS) is 25.8. The van der Waals surface area contributed by atoms with E-state index in [0.29, 0.717) is 39.8 Å². The smallest absolute Gasteiger partial charge is 0.227 e. The van der Waals surface area contributed by atoms with Gasteiger partial charge in [-0.3, -0.25) is 14.4 Å². The van der Waals surface area contributed by atoms with Crippen LogP contribution in [0.25, 0.3) is 0 Å². The van der Waals surface area contributed by atoms with Crippen LogP contribution in [0.15, 0.2) is 42.5 Å². The van der Waals surface area contributed by atoms with Crippen LogP contribution in [-0.4, -0.2) is 17.5 Å². The van der Waals surface area contributed by atoms with Gasteiger partial charge in [0, 0.05) is 22.6 Å². The number of rotatable bonds is 2. The first-order valence-corrected chi connectivity index (χ1v) is 9.26. The predicted octanol–water partition coefficient (Wildman–Crippen LogP) is 3.84. The molecule has 0 radical (unpaired) electrons. The lowest BCUT2D eigenvalue weighted by Crippen LogP contribution is -2.29. The van der Waals surface area contributed by atoms with Crippen molar-refractivity contribution in [3.8, 4) is 0 Å². The van der Waals surface area contributed by atoms with Gasteiger partial charge in [-0.1, -0.05) is 42.8 Å². The molecule has 5 rings (SSSR count). The number of nitrogens with one attached hydrogen (secondary N) is 1. The summed E-state index contributed by atoms with van der Waals surface area (Å²) in [5, 5.41) is 2.97. The summed E-state index contributed by atoms with van der Waals surface area (Å²) in [5.74, 6) is 0.814. The molecule has 4 heteroatoms. The summed E-state index contributed by atoms with van der Waals surface area (Å²) in [6.45, 7) is 0. The van der Waals surface area contributed by atoms with Gasteiger partial charge in [0.05, 0.1) is 11.3 Å². The maximum absolute atomic E-state index is 13.0. The predicted molar refractivity (Wildman–Crippen MR) is 97.3 cm³/mol. The first-order chi connectivity index (χ1) is 12.6. The first-order valence-electron chi connectivity index (χ1n) is 9.26. The van der Waals surface area contributed by atoms with Crippen molar-refractivity contribution >= 4 is 23.2 Å². The second-order valence-corrected chi connectivity index (χ2v) is 7.70. The largest absolute Gasteiger partial charge is 0.325 e. The fourth-order valence-electron chi connectivity index (χ4n) is 5.04. The molecule has 26 heavy (non-hydrogen) atoms. The molecule has 0 spiro atoms. The molecule has 0 saturated heterocycles. The highest BCUT2D eigenvalue weighted by Crippen LogP contribution is 2.48. The zero-order chi connectivity index (χ0) is 17.8. The van der Waals surface area contributed by atoms with Crippen molar-refractivity contribution in [3.63, 3.8) is 0 Å². The van der Waals surface area contributed by atoms with Crippen LogP contribution >= 0.6 is 0 Å². The standard InChI is InChI=1S/C22H19NO3/c24-20-14-4-1-2-5-15(14)21(25)19-16(20)6-3-7-18(19)23-22(26)17-11-12-8-9-13(17)10-12/h1-7,12-13,17H,8-11H2,(H,23,26)/t12-,13+,17+/m0/s1. The summed E-state index contributed by atoms with van der Waals surface area (Å²) in [4.78, 5) is 38.6. The topological polar surface area (TPSA) is 63.2 Å². The molecule has 3 aliphatic rings. The van der Waals surface area contributed by atoms with Crippen LogP contribution in [0.1, 0.15) is 57.5 Å². The Bertz CT molecular complexity index is 962. The average Bonchev–Trinajstić information content (AvgIpc) is 3.29. The Balaban J connectivity index is 1.51. The minimum atomic E-state index is -0.195. The molecule has 2 fully saturated rings. The van der Waals surface area contributed by atoms with E-state index in [1.54, 1.807) is 42.5 Å². The number of anilines is 1. The molecule has 3 atom stereocenters. The third-order valence-corrected chi connectivity index (χ3v) is 6.29. The minimum absolute atomic E-state index is 0.00953. The molecule has 2 aromatic carbocycles. The van der Waals surface area contributed by atoms with Crippen molar-refractivity contribution in [1.82, 2.24) is 0 Å². The maximum atomic E-state index is 13.0. The Labute approximate surface area is 151 Å². The summed E-state index contributed by atoms with van der Waals surface area (Å²) in [6, 6.07) is 12.0. The van der Waals surface area contributed by atoms with Crippen LogP contribution in [0.2, 0.25) is 0 Å². The lowest BCUT2D eigenvalue weighted by Gasteiger charge is -2.23. The van der Waals surface area contributed by atoms with Gasteiger partial charge in [0.15, 0.2) is 11.6 Å². The highest BCUT2D eigenvalue weighted by atomic mass is 16.2. The highest BCUT2D eigenvalue weighted by molar-refractivity contribution is 6.30. The van der Waals surface area contributed by atoms with E-state index in [-0.39, 0.29) is 23.4 Å². The van der Waals surface area contributed by atoms with Gasteiger partial charge in [0.1, 0.15) is 0 Å². The Morgan fingerprint density at radius 1 is 0.846 bits per heavy atom. The number of benzene rings is 2. The van der Waals surface area contributed by atoms with E-state index < -0.39 is 0 Å². The third-order valence-electron chi connectivity index (χ3n) is 6.29. The van der Waals surface area contributed by atoms with Gasteiger partial charge < -0.3 is 5.32 Å². The summed E-state index contributed by atoms with van der Waals surface area (Å²) in [5.41, 5.74) is 2.00. The third kappa shape index (κ3) is 2.18. The van der Waals surface area contributed by atoms with Crippen LogP contribution in [0.4, 0.5) is 5.69 Å². The Morgan fingerprint density at radius 3 is 2.27 bits per heavy atom. The van der Waals surface area contributed by atoms with Gasteiger partial charge in [-0.15, -0.1) is 0 Å². The molecule has 130 valence electrons. The fourth-order valence-corrected chi connectivity index (χ4v) is 5.04. The molecule has 0 unspecified atom stereocenters. The summed E-state index contributed by atoms with van der Waals surface area (Å²) in [7, 11) is 0. The van der Waals surface area contributed by atoms with Gasteiger partial charge in [-0.05, 0) is 37.2 Å². The van der Waals surface area contributed by atoms with Crippen molar-refractivity contribution in [3.05, 3.63) is 64.7 Å². The van der Waals surface area contributed by atoms with Gasteiger partial charge in [-0.25, -0.2) is 0 Å². The van der Waals surface area contributed by atoms with E-state index >= 15 is 0 Å². The highest BCUT2D eigenvalue weighted by Gasteiger charge is 2.43. The zero-order valence-electron chi connectivity index (χ0n) is 14.3. The number of carbonyl (C=O) groups is 3. The number of amides is 1. The van der Waals surface area contributed by atoms with Crippen LogP contribution in [-0.2, 0) is 4.79 Å². The minimum Gasteiger partial charge on any atom is -0.325 e. The Hall–Kier alpha value is -2.75. The van der Waals surface area contributed by atoms with Crippen molar-refractivity contribution in [2.24, 2.45) is 17.8 Å². The van der Waals surface area contributed by atoms with Gasteiger partial charge in [0.2, 0.25) is 5.91 Å². The molecule has 2 bridgehead atoms. The fraction of sp³-hybridized carbons (Fsp3) is 0.318. The molecule has 1 amide bonds. The Kier molecular flexibility index (Phi) is 3.36. The number of hydrogen-bond acceptors (Lipinski definition) is 3. The van der Waals surface area contributed by atoms with E-state index in [1.165, 1.54) is 6.42 Å². The second kappa shape index (κ2) is 5.63. The van der Waals surface area contributed by atoms with Crippen LogP contribution in [0, 0.1) is 17.8 Å². The van der Waals surface area contributed by atoms with E-state index in [4.69, 9.17) is 0 Å². The Morgan fingerprint density at radius 2 is 1.58 bits per heavy atom. The molecule has 0 heterocycles. The molecular formula is C22H19NO3. The number of fused-ring (bicyclic) bond motifs is 4. The molecular weight excluding hydrogens is 326 g/mol. The van der Waals surface area contributed by atoms with Crippen molar-refractivity contribution in [2.45, 2.75) is 25.7 Å². The van der Waals surface area contributed by atoms with Crippen LogP contribution < -0.4 is 5.32 Å². The second-order valence-electron chi connectivity index (χ2n) is 7.70. The molecule has 2 saturated carbocycles. The average molecular weight is 345 g/mol. The van der Waals surface area contributed by atoms with Gasteiger partial charge >= 0.3 is 0 Å². The first kappa shape index (κ1) is 15.5. The molecule has 2 aromatic rings. The van der Waals surface area contributed by atoms with E-state index in [0.717, 1.165) is 19.3 Å². The van der Waals surface area contributed by atoms with Crippen LogP contribution in [0.3, 0.4) is 0 Å². The molecule has 0 aliphatic heterocycles. The SMILES string of the molecule is O=C1c2ccccc2C(=O)c2c(NC(=O)[C@@H]3C[C@H]4CC[C@@H]3C4)cccc21. The van der Waals surface area contributed by atoms with E-state index in [2.05, 4.69) is 5.32 Å². The quantitative estimate of drug-likeness (QED) is 0.767. The maximum Gasteiger partial charge on any atom is 0.227 e. The van der Waals surface area contributed by atoms with Crippen LogP contribution in [0.5, 0.6) is 0 Å². The number of hydrogen-bond donors (Lipinski definition) is 1. The molecule has 3 aliphatic carbocycles. The van der Waals surface area contributed by atoms with Crippen molar-refractivity contribution in [2.75, 3.05) is 5.32 Å². The lowest BCUT2D eigenvalue weighted by atomic mass is 9.83. The van der Waals surface area contributed by atoms with E-state index in [1.807, 2.05) is 0 Å². The van der Waals surface area contributed by atoms with Gasteiger partial charge in [-0.2, -0.15) is 0 Å². The van der Waals surface area contributed by atoms with Crippen molar-refractivity contribution in [1.29, 1.82) is 0 Å². The monoisotopic (exact) mass is 345 g/mol. The van der Waals surface area contributed by atoms with Gasteiger partial charge in [0.25, 0.3) is 0 Å². The molecule has 4 nitrogen and oxygen atoms in total.